The summed E-state index contributed by atoms with van der Waals surface area (Å²) in [5, 5.41) is 3.27. The van der Waals surface area contributed by atoms with Crippen LogP contribution >= 0.6 is 0 Å². The molecule has 0 unspecified atom stereocenters. The Hall–Kier alpha value is -2.53. The first-order chi connectivity index (χ1) is 16.8. The summed E-state index contributed by atoms with van der Waals surface area (Å²) in [5.74, 6) is 1.93. The van der Waals surface area contributed by atoms with Crippen LogP contribution in [0, 0.1) is 17.3 Å². The Morgan fingerprint density at radius 1 is 1.09 bits per heavy atom. The first-order valence-corrected chi connectivity index (χ1v) is 13.3. The Balaban J connectivity index is 1.29. The molecule has 2 atom stereocenters. The van der Waals surface area contributed by atoms with Crippen LogP contribution in [0.3, 0.4) is 0 Å². The fraction of sp³-hybridized carbons (Fsp3) is 0.567. The van der Waals surface area contributed by atoms with Gasteiger partial charge in [-0.2, -0.15) is 0 Å². The maximum Gasteiger partial charge on any atom is 0.407 e. The largest absolute Gasteiger partial charge is 0.493 e. The van der Waals surface area contributed by atoms with Gasteiger partial charge < -0.3 is 14.8 Å². The molecule has 0 aromatic heterocycles. The molecular weight excluding hydrogens is 436 g/mol. The van der Waals surface area contributed by atoms with Gasteiger partial charge in [0, 0.05) is 6.54 Å². The number of ether oxygens (including phenoxy) is 2. The number of rotatable bonds is 6. The smallest absolute Gasteiger partial charge is 0.407 e. The zero-order chi connectivity index (χ0) is 24.6. The Morgan fingerprint density at radius 2 is 1.80 bits per heavy atom. The average molecular weight is 477 g/mol. The molecule has 35 heavy (non-hydrogen) atoms. The summed E-state index contributed by atoms with van der Waals surface area (Å²) in [6.07, 6.45) is 4.08. The van der Waals surface area contributed by atoms with Crippen LogP contribution in [-0.2, 0) is 11.2 Å². The number of fused-ring (bicyclic) bond motifs is 4. The number of hydrogen-bond acceptors (Lipinski definition) is 4. The summed E-state index contributed by atoms with van der Waals surface area (Å²) < 4.78 is 11.8. The summed E-state index contributed by atoms with van der Waals surface area (Å²) >= 11 is 0. The van der Waals surface area contributed by atoms with Gasteiger partial charge >= 0.3 is 6.09 Å². The van der Waals surface area contributed by atoms with E-state index in [9.17, 15) is 4.79 Å². The van der Waals surface area contributed by atoms with E-state index >= 15 is 0 Å². The number of piperidine rings is 3. The minimum Gasteiger partial charge on any atom is -0.493 e. The standard InChI is InChI=1S/C30H40N2O3/c1-20(2)19-34-25-8-5-21(6-9-25)23-7-10-26-24(17-23)11-14-30(3,4)28(26)31-29(33)35-27-18-32-15-12-22(27)13-16-32/h5-10,17,20,22,27-28H,11-16,18-19H2,1-4H3,(H,31,33)/t27-,28-/m0/s1. The van der Waals surface area contributed by atoms with E-state index < -0.39 is 0 Å². The second-order valence-corrected chi connectivity index (χ2v) is 11.8. The van der Waals surface area contributed by atoms with Gasteiger partial charge in [-0.25, -0.2) is 4.79 Å². The Labute approximate surface area is 210 Å². The Kier molecular flexibility index (Phi) is 6.80. The van der Waals surface area contributed by atoms with Crippen LogP contribution in [0.15, 0.2) is 42.5 Å². The number of aryl methyl sites for hydroxylation is 1. The average Bonchev–Trinajstić information content (AvgIpc) is 2.85. The van der Waals surface area contributed by atoms with Crippen LogP contribution < -0.4 is 10.1 Å². The van der Waals surface area contributed by atoms with Crippen LogP contribution in [-0.4, -0.2) is 43.3 Å². The van der Waals surface area contributed by atoms with Crippen molar-refractivity contribution in [1.29, 1.82) is 0 Å². The number of hydrogen-bond donors (Lipinski definition) is 1. The van der Waals surface area contributed by atoms with Crippen molar-refractivity contribution < 1.29 is 14.3 Å². The van der Waals surface area contributed by atoms with Gasteiger partial charge in [0.2, 0.25) is 0 Å². The van der Waals surface area contributed by atoms with Gasteiger partial charge in [-0.3, -0.25) is 4.90 Å². The fourth-order valence-corrected chi connectivity index (χ4v) is 5.92. The minimum absolute atomic E-state index is 0.0264. The van der Waals surface area contributed by atoms with Crippen molar-refractivity contribution in [3.05, 3.63) is 53.6 Å². The number of amides is 1. The van der Waals surface area contributed by atoms with E-state index in [2.05, 4.69) is 80.4 Å². The molecule has 3 saturated heterocycles. The van der Waals surface area contributed by atoms with Crippen LogP contribution in [0.2, 0.25) is 0 Å². The molecule has 3 aliphatic heterocycles. The molecule has 0 radical (unpaired) electrons. The van der Waals surface area contributed by atoms with Crippen molar-refractivity contribution in [2.24, 2.45) is 17.3 Å². The van der Waals surface area contributed by atoms with E-state index in [0.29, 0.717) is 11.8 Å². The van der Waals surface area contributed by atoms with E-state index in [1.54, 1.807) is 0 Å². The van der Waals surface area contributed by atoms with Gasteiger partial charge in [0.25, 0.3) is 0 Å². The summed E-state index contributed by atoms with van der Waals surface area (Å²) in [4.78, 5) is 15.4. The summed E-state index contributed by atoms with van der Waals surface area (Å²) in [6.45, 7) is 12.7. The number of carbonyl (C=O) groups is 1. The number of alkyl carbamates (subject to hydrolysis) is 1. The summed E-state index contributed by atoms with van der Waals surface area (Å²) in [6, 6.07) is 15.0. The lowest BCUT2D eigenvalue weighted by Crippen LogP contribution is -2.53. The SMILES string of the molecule is CC(C)COc1ccc(-c2ccc3c(c2)CCC(C)(C)[C@H]3NC(=O)O[C@H]2CN3CCC2CC3)cc1. The first kappa shape index (κ1) is 24.2. The highest BCUT2D eigenvalue weighted by Gasteiger charge is 2.40. The highest BCUT2D eigenvalue weighted by atomic mass is 16.6. The van der Waals surface area contributed by atoms with Gasteiger partial charge in [0.1, 0.15) is 11.9 Å². The molecule has 6 rings (SSSR count). The van der Waals surface area contributed by atoms with Gasteiger partial charge in [-0.1, -0.05) is 58.0 Å². The maximum absolute atomic E-state index is 13.0. The summed E-state index contributed by atoms with van der Waals surface area (Å²) in [7, 11) is 0. The minimum atomic E-state index is -0.268. The molecule has 1 N–H and O–H groups in total. The quantitative estimate of drug-likeness (QED) is 0.538. The molecule has 1 amide bonds. The normalized spacial score (nSPS) is 26.8. The number of carbonyl (C=O) groups excluding carboxylic acids is 1. The fourth-order valence-electron chi connectivity index (χ4n) is 5.92. The molecule has 2 bridgehead atoms. The van der Waals surface area contributed by atoms with Gasteiger partial charge in [-0.15, -0.1) is 0 Å². The van der Waals surface area contributed by atoms with Gasteiger partial charge in [0.05, 0.1) is 12.6 Å². The molecule has 2 aromatic rings. The second-order valence-electron chi connectivity index (χ2n) is 11.8. The van der Waals surface area contributed by atoms with E-state index in [-0.39, 0.29) is 23.7 Å². The van der Waals surface area contributed by atoms with E-state index in [0.717, 1.165) is 57.7 Å². The van der Waals surface area contributed by atoms with Crippen molar-refractivity contribution in [2.75, 3.05) is 26.2 Å². The van der Waals surface area contributed by atoms with Gasteiger partial charge in [0.15, 0.2) is 0 Å². The van der Waals surface area contributed by atoms with Crippen molar-refractivity contribution >= 4 is 6.09 Å². The van der Waals surface area contributed by atoms with Crippen molar-refractivity contribution in [3.8, 4) is 16.9 Å². The number of nitrogens with one attached hydrogen (secondary N) is 1. The molecule has 0 spiro atoms. The predicted octanol–water partition coefficient (Wildman–Crippen LogP) is 6.22. The highest BCUT2D eigenvalue weighted by Crippen LogP contribution is 2.44. The van der Waals surface area contributed by atoms with Crippen molar-refractivity contribution in [2.45, 2.75) is 65.5 Å². The maximum atomic E-state index is 13.0. The lowest BCUT2D eigenvalue weighted by Gasteiger charge is -2.44. The molecule has 5 heteroatoms. The first-order valence-electron chi connectivity index (χ1n) is 13.3. The Morgan fingerprint density at radius 3 is 2.46 bits per heavy atom. The van der Waals surface area contributed by atoms with Crippen molar-refractivity contribution in [3.63, 3.8) is 0 Å². The van der Waals surface area contributed by atoms with Gasteiger partial charge in [-0.05, 0) is 90.4 Å². The van der Waals surface area contributed by atoms with Crippen LogP contribution in [0.25, 0.3) is 11.1 Å². The number of nitrogens with zero attached hydrogens (tertiary/aromatic N) is 1. The lowest BCUT2D eigenvalue weighted by molar-refractivity contribution is -0.0353. The van der Waals surface area contributed by atoms with Crippen LogP contribution in [0.4, 0.5) is 4.79 Å². The third-order valence-electron chi connectivity index (χ3n) is 8.16. The highest BCUT2D eigenvalue weighted by molar-refractivity contribution is 5.70. The molecule has 0 saturated carbocycles. The molecule has 2 aromatic carbocycles. The topological polar surface area (TPSA) is 50.8 Å². The summed E-state index contributed by atoms with van der Waals surface area (Å²) in [5.41, 5.74) is 4.88. The third kappa shape index (κ3) is 5.35. The van der Waals surface area contributed by atoms with Crippen LogP contribution in [0.1, 0.15) is 64.1 Å². The molecule has 4 aliphatic rings. The third-order valence-corrected chi connectivity index (χ3v) is 8.16. The van der Waals surface area contributed by atoms with Crippen molar-refractivity contribution in [1.82, 2.24) is 10.2 Å². The molecule has 3 fully saturated rings. The van der Waals surface area contributed by atoms with E-state index in [1.165, 1.54) is 22.3 Å². The zero-order valence-electron chi connectivity index (χ0n) is 21.7. The Bertz CT molecular complexity index is 1040. The van der Waals surface area contributed by atoms with E-state index in [1.807, 2.05) is 0 Å². The second kappa shape index (κ2) is 9.85. The van der Waals surface area contributed by atoms with E-state index in [4.69, 9.17) is 9.47 Å². The number of benzene rings is 2. The molecular formula is C30H40N2O3. The molecule has 3 heterocycles. The van der Waals surface area contributed by atoms with Crippen LogP contribution in [0.5, 0.6) is 5.75 Å². The monoisotopic (exact) mass is 476 g/mol. The molecule has 1 aliphatic carbocycles. The lowest BCUT2D eigenvalue weighted by atomic mass is 9.70. The predicted molar refractivity (Wildman–Crippen MR) is 140 cm³/mol. The molecule has 188 valence electrons. The zero-order valence-corrected chi connectivity index (χ0v) is 21.7. The molecule has 5 nitrogen and oxygen atoms in total.